The molecular weight excluding hydrogens is 264 g/mol. The van der Waals surface area contributed by atoms with Gasteiger partial charge in [0.25, 0.3) is 5.91 Å². The van der Waals surface area contributed by atoms with E-state index >= 15 is 0 Å². The van der Waals surface area contributed by atoms with Crippen molar-refractivity contribution < 1.29 is 9.90 Å². The summed E-state index contributed by atoms with van der Waals surface area (Å²) in [5.41, 5.74) is 2.29. The topological polar surface area (TPSA) is 62.2 Å². The number of hydrogen-bond donors (Lipinski definition) is 2. The van der Waals surface area contributed by atoms with Gasteiger partial charge in [-0.2, -0.15) is 0 Å². The van der Waals surface area contributed by atoms with E-state index in [1.165, 1.54) is 0 Å². The van der Waals surface area contributed by atoms with Crippen molar-refractivity contribution in [1.29, 1.82) is 0 Å². The molecule has 1 heterocycles. The van der Waals surface area contributed by atoms with E-state index in [2.05, 4.69) is 10.3 Å². The second-order valence-corrected chi connectivity index (χ2v) is 4.63. The zero-order chi connectivity index (χ0) is 14.0. The van der Waals surface area contributed by atoms with Crippen molar-refractivity contribution in [2.24, 2.45) is 0 Å². The van der Waals surface area contributed by atoms with Gasteiger partial charge in [0.05, 0.1) is 16.9 Å². The summed E-state index contributed by atoms with van der Waals surface area (Å²) in [6, 6.07) is 8.16. The third kappa shape index (κ3) is 3.03. The number of aromatic hydroxyl groups is 1. The molecular formula is C14H13ClN2O2. The van der Waals surface area contributed by atoms with E-state index in [9.17, 15) is 9.90 Å². The summed E-state index contributed by atoms with van der Waals surface area (Å²) in [5.74, 6) is -0.429. The number of pyridine rings is 1. The molecule has 19 heavy (non-hydrogen) atoms. The molecule has 5 heteroatoms. The standard InChI is InChI=1S/C14H13ClN2O2/c1-8-3-4-10(12(18)7-8)14(19)17-11-5-6-13(15)16-9(11)2/h3-7,18H,1-2H3,(H,17,19). The Morgan fingerprint density at radius 2 is 2.00 bits per heavy atom. The van der Waals surface area contributed by atoms with Gasteiger partial charge < -0.3 is 10.4 Å². The van der Waals surface area contributed by atoms with Crippen molar-refractivity contribution in [3.05, 3.63) is 52.3 Å². The molecule has 0 bridgehead atoms. The van der Waals surface area contributed by atoms with Crippen molar-refractivity contribution in [2.45, 2.75) is 13.8 Å². The van der Waals surface area contributed by atoms with Crippen molar-refractivity contribution >= 4 is 23.2 Å². The maximum absolute atomic E-state index is 12.1. The predicted molar refractivity (Wildman–Crippen MR) is 74.8 cm³/mol. The van der Waals surface area contributed by atoms with Gasteiger partial charge in [-0.3, -0.25) is 4.79 Å². The maximum atomic E-state index is 12.1. The van der Waals surface area contributed by atoms with Crippen LogP contribution < -0.4 is 5.32 Å². The predicted octanol–water partition coefficient (Wildman–Crippen LogP) is 3.31. The Labute approximate surface area is 116 Å². The van der Waals surface area contributed by atoms with Crippen LogP contribution in [-0.2, 0) is 0 Å². The minimum absolute atomic E-state index is 0.0444. The monoisotopic (exact) mass is 276 g/mol. The van der Waals surface area contributed by atoms with Crippen LogP contribution >= 0.6 is 11.6 Å². The van der Waals surface area contributed by atoms with Crippen molar-refractivity contribution in [1.82, 2.24) is 4.98 Å². The fourth-order valence-electron chi connectivity index (χ4n) is 1.69. The summed E-state index contributed by atoms with van der Waals surface area (Å²) in [6.45, 7) is 3.59. The molecule has 0 atom stereocenters. The number of aromatic nitrogens is 1. The van der Waals surface area contributed by atoms with Gasteiger partial charge in [0, 0.05) is 0 Å². The Balaban J connectivity index is 2.25. The first-order valence-electron chi connectivity index (χ1n) is 5.71. The highest BCUT2D eigenvalue weighted by Gasteiger charge is 2.12. The van der Waals surface area contributed by atoms with Crippen LogP contribution in [0.4, 0.5) is 5.69 Å². The largest absolute Gasteiger partial charge is 0.507 e. The number of amides is 1. The molecule has 0 unspecified atom stereocenters. The van der Waals surface area contributed by atoms with Gasteiger partial charge in [-0.25, -0.2) is 4.98 Å². The lowest BCUT2D eigenvalue weighted by Crippen LogP contribution is -2.13. The highest BCUT2D eigenvalue weighted by atomic mass is 35.5. The Bertz CT molecular complexity index is 641. The van der Waals surface area contributed by atoms with Gasteiger partial charge in [-0.15, -0.1) is 0 Å². The number of halogens is 1. The number of rotatable bonds is 2. The minimum atomic E-state index is -0.385. The van der Waals surface area contributed by atoms with Crippen LogP contribution in [0.5, 0.6) is 5.75 Å². The molecule has 0 aliphatic rings. The Hall–Kier alpha value is -2.07. The molecule has 98 valence electrons. The molecule has 4 nitrogen and oxygen atoms in total. The molecule has 2 rings (SSSR count). The summed E-state index contributed by atoms with van der Waals surface area (Å²) < 4.78 is 0. The number of nitrogens with one attached hydrogen (secondary N) is 1. The summed E-state index contributed by atoms with van der Waals surface area (Å²) in [7, 11) is 0. The maximum Gasteiger partial charge on any atom is 0.259 e. The molecule has 1 amide bonds. The number of phenols is 1. The molecule has 1 aromatic heterocycles. The number of benzene rings is 1. The Kier molecular flexibility index (Phi) is 3.71. The van der Waals surface area contributed by atoms with E-state index in [0.29, 0.717) is 16.5 Å². The van der Waals surface area contributed by atoms with Crippen molar-refractivity contribution in [2.75, 3.05) is 5.32 Å². The second-order valence-electron chi connectivity index (χ2n) is 4.24. The van der Waals surface area contributed by atoms with Crippen LogP contribution in [0.25, 0.3) is 0 Å². The molecule has 0 saturated carbocycles. The summed E-state index contributed by atoms with van der Waals surface area (Å²) >= 11 is 5.75. The van der Waals surface area contributed by atoms with E-state index < -0.39 is 0 Å². The summed E-state index contributed by atoms with van der Waals surface area (Å²) in [4.78, 5) is 16.1. The number of carbonyl (C=O) groups excluding carboxylic acids is 1. The lowest BCUT2D eigenvalue weighted by atomic mass is 10.1. The van der Waals surface area contributed by atoms with Gasteiger partial charge in [-0.05, 0) is 43.7 Å². The molecule has 0 aliphatic carbocycles. The van der Waals surface area contributed by atoms with Crippen molar-refractivity contribution in [3.63, 3.8) is 0 Å². The normalized spacial score (nSPS) is 10.3. The Morgan fingerprint density at radius 1 is 1.26 bits per heavy atom. The number of nitrogens with zero attached hydrogens (tertiary/aromatic N) is 1. The number of anilines is 1. The molecule has 1 aromatic carbocycles. The molecule has 0 saturated heterocycles. The van der Waals surface area contributed by atoms with E-state index in [1.807, 2.05) is 6.92 Å². The first-order chi connectivity index (χ1) is 8.97. The van der Waals surface area contributed by atoms with Crippen LogP contribution in [0.3, 0.4) is 0 Å². The molecule has 2 N–H and O–H groups in total. The zero-order valence-electron chi connectivity index (χ0n) is 10.6. The highest BCUT2D eigenvalue weighted by Crippen LogP contribution is 2.21. The van der Waals surface area contributed by atoms with Crippen molar-refractivity contribution in [3.8, 4) is 5.75 Å². The highest BCUT2D eigenvalue weighted by molar-refractivity contribution is 6.29. The van der Waals surface area contributed by atoms with Gasteiger partial charge in [-0.1, -0.05) is 17.7 Å². The van der Waals surface area contributed by atoms with E-state index in [-0.39, 0.29) is 17.2 Å². The molecule has 0 fully saturated rings. The third-order valence-corrected chi connectivity index (χ3v) is 2.91. The number of hydrogen-bond acceptors (Lipinski definition) is 3. The minimum Gasteiger partial charge on any atom is -0.507 e. The molecule has 2 aromatic rings. The second kappa shape index (κ2) is 5.28. The number of aryl methyl sites for hydroxylation is 2. The van der Waals surface area contributed by atoms with Gasteiger partial charge >= 0.3 is 0 Å². The zero-order valence-corrected chi connectivity index (χ0v) is 11.3. The van der Waals surface area contributed by atoms with Crippen LogP contribution in [0, 0.1) is 13.8 Å². The van der Waals surface area contributed by atoms with Crippen LogP contribution in [-0.4, -0.2) is 16.0 Å². The van der Waals surface area contributed by atoms with E-state index in [1.54, 1.807) is 37.3 Å². The number of phenolic OH excluding ortho intramolecular Hbond substituents is 1. The van der Waals surface area contributed by atoms with Gasteiger partial charge in [0.2, 0.25) is 0 Å². The average molecular weight is 277 g/mol. The van der Waals surface area contributed by atoms with E-state index in [4.69, 9.17) is 11.6 Å². The molecule has 0 spiro atoms. The third-order valence-electron chi connectivity index (χ3n) is 2.70. The quantitative estimate of drug-likeness (QED) is 0.827. The first kappa shape index (κ1) is 13.4. The fraction of sp³-hybridized carbons (Fsp3) is 0.143. The van der Waals surface area contributed by atoms with Crippen LogP contribution in [0.15, 0.2) is 30.3 Å². The van der Waals surface area contributed by atoms with Crippen LogP contribution in [0.2, 0.25) is 5.15 Å². The molecule has 0 radical (unpaired) electrons. The SMILES string of the molecule is Cc1ccc(C(=O)Nc2ccc(Cl)nc2C)c(O)c1. The summed E-state index contributed by atoms with van der Waals surface area (Å²) in [5, 5.41) is 12.8. The Morgan fingerprint density at radius 3 is 2.63 bits per heavy atom. The number of carbonyl (C=O) groups is 1. The van der Waals surface area contributed by atoms with Gasteiger partial charge in [0.1, 0.15) is 10.9 Å². The lowest BCUT2D eigenvalue weighted by molar-refractivity contribution is 0.102. The smallest absolute Gasteiger partial charge is 0.259 e. The van der Waals surface area contributed by atoms with Gasteiger partial charge in [0.15, 0.2) is 0 Å². The summed E-state index contributed by atoms with van der Waals surface area (Å²) in [6.07, 6.45) is 0. The molecule has 0 aliphatic heterocycles. The fourth-order valence-corrected chi connectivity index (χ4v) is 1.88. The lowest BCUT2D eigenvalue weighted by Gasteiger charge is -2.09. The van der Waals surface area contributed by atoms with Crippen LogP contribution in [0.1, 0.15) is 21.6 Å². The average Bonchev–Trinajstić information content (AvgIpc) is 2.32. The first-order valence-corrected chi connectivity index (χ1v) is 6.09. The van der Waals surface area contributed by atoms with E-state index in [0.717, 1.165) is 5.56 Å².